The smallest absolute Gasteiger partial charge is 0.269 e. The zero-order valence-electron chi connectivity index (χ0n) is 10.2. The Bertz CT molecular complexity index is 385. The van der Waals surface area contributed by atoms with E-state index in [4.69, 9.17) is 11.6 Å². The SMILES string of the molecule is CCc1cc(C(=O)NC(C)(C)CCl)n(C)n1. The Morgan fingerprint density at radius 1 is 1.62 bits per heavy atom. The monoisotopic (exact) mass is 243 g/mol. The molecule has 1 heterocycles. The molecule has 1 amide bonds. The molecule has 0 saturated heterocycles. The summed E-state index contributed by atoms with van der Waals surface area (Å²) in [6, 6.07) is 1.81. The van der Waals surface area contributed by atoms with E-state index in [-0.39, 0.29) is 5.91 Å². The minimum atomic E-state index is -0.407. The summed E-state index contributed by atoms with van der Waals surface area (Å²) in [5, 5.41) is 7.10. The molecule has 0 atom stereocenters. The van der Waals surface area contributed by atoms with E-state index in [1.807, 2.05) is 20.8 Å². The van der Waals surface area contributed by atoms with Crippen molar-refractivity contribution >= 4 is 17.5 Å². The first-order valence-electron chi connectivity index (χ1n) is 5.31. The van der Waals surface area contributed by atoms with Crippen molar-refractivity contribution in [2.24, 2.45) is 7.05 Å². The lowest BCUT2D eigenvalue weighted by atomic mass is 10.1. The fourth-order valence-electron chi connectivity index (χ4n) is 1.32. The van der Waals surface area contributed by atoms with Gasteiger partial charge >= 0.3 is 0 Å². The number of aryl methyl sites for hydroxylation is 2. The van der Waals surface area contributed by atoms with E-state index >= 15 is 0 Å². The van der Waals surface area contributed by atoms with Crippen LogP contribution in [0.25, 0.3) is 0 Å². The van der Waals surface area contributed by atoms with Crippen molar-refractivity contribution < 1.29 is 4.79 Å². The lowest BCUT2D eigenvalue weighted by molar-refractivity contribution is 0.0911. The maximum absolute atomic E-state index is 11.9. The molecule has 90 valence electrons. The predicted molar refractivity (Wildman–Crippen MR) is 64.9 cm³/mol. The van der Waals surface area contributed by atoms with Crippen LogP contribution in [0.5, 0.6) is 0 Å². The molecule has 0 fully saturated rings. The van der Waals surface area contributed by atoms with Crippen molar-refractivity contribution in [1.82, 2.24) is 15.1 Å². The molecular formula is C11H18ClN3O. The molecule has 0 radical (unpaired) electrons. The van der Waals surface area contributed by atoms with Crippen LogP contribution >= 0.6 is 11.6 Å². The topological polar surface area (TPSA) is 46.9 Å². The minimum Gasteiger partial charge on any atom is -0.345 e. The molecule has 0 aliphatic carbocycles. The number of hydrogen-bond acceptors (Lipinski definition) is 2. The number of nitrogens with one attached hydrogen (secondary N) is 1. The van der Waals surface area contributed by atoms with Crippen molar-refractivity contribution in [2.45, 2.75) is 32.7 Å². The Morgan fingerprint density at radius 3 is 2.69 bits per heavy atom. The van der Waals surface area contributed by atoms with Gasteiger partial charge in [0.05, 0.1) is 5.69 Å². The second-order valence-corrected chi connectivity index (χ2v) is 4.74. The average Bonchev–Trinajstić information content (AvgIpc) is 2.59. The molecule has 1 aromatic rings. The number of halogens is 1. The maximum atomic E-state index is 11.9. The molecule has 0 aliphatic heterocycles. The Hall–Kier alpha value is -1.03. The Balaban J connectivity index is 2.84. The highest BCUT2D eigenvalue weighted by molar-refractivity contribution is 6.18. The van der Waals surface area contributed by atoms with Gasteiger partial charge in [-0.2, -0.15) is 5.10 Å². The van der Waals surface area contributed by atoms with Crippen LogP contribution in [0.3, 0.4) is 0 Å². The summed E-state index contributed by atoms with van der Waals surface area (Å²) in [5.74, 6) is 0.234. The van der Waals surface area contributed by atoms with Gasteiger partial charge in [-0.25, -0.2) is 0 Å². The number of aromatic nitrogens is 2. The third kappa shape index (κ3) is 2.98. The second-order valence-electron chi connectivity index (χ2n) is 4.47. The number of carbonyl (C=O) groups is 1. The van der Waals surface area contributed by atoms with Gasteiger partial charge in [0.1, 0.15) is 5.69 Å². The number of carbonyl (C=O) groups excluding carboxylic acids is 1. The summed E-state index contributed by atoms with van der Waals surface area (Å²) >= 11 is 5.76. The highest BCUT2D eigenvalue weighted by atomic mass is 35.5. The quantitative estimate of drug-likeness (QED) is 0.819. The average molecular weight is 244 g/mol. The van der Waals surface area contributed by atoms with E-state index in [9.17, 15) is 4.79 Å². The summed E-state index contributed by atoms with van der Waals surface area (Å²) in [7, 11) is 1.77. The van der Waals surface area contributed by atoms with E-state index in [0.29, 0.717) is 11.6 Å². The summed E-state index contributed by atoms with van der Waals surface area (Å²) < 4.78 is 1.60. The van der Waals surface area contributed by atoms with Crippen molar-refractivity contribution in [1.29, 1.82) is 0 Å². The number of amides is 1. The van der Waals surface area contributed by atoms with Crippen molar-refractivity contribution in [2.75, 3.05) is 5.88 Å². The Labute approximate surface area is 101 Å². The van der Waals surface area contributed by atoms with E-state index < -0.39 is 5.54 Å². The summed E-state index contributed by atoms with van der Waals surface area (Å²) in [6.07, 6.45) is 0.819. The van der Waals surface area contributed by atoms with Crippen LogP contribution in [0, 0.1) is 0 Å². The highest BCUT2D eigenvalue weighted by Gasteiger charge is 2.22. The summed E-state index contributed by atoms with van der Waals surface area (Å²) in [5.41, 5.74) is 1.07. The molecule has 0 bridgehead atoms. The third-order valence-corrected chi connectivity index (χ3v) is 2.98. The van der Waals surface area contributed by atoms with E-state index in [2.05, 4.69) is 10.4 Å². The van der Waals surface area contributed by atoms with Crippen molar-refractivity contribution in [3.8, 4) is 0 Å². The molecule has 1 rings (SSSR count). The maximum Gasteiger partial charge on any atom is 0.269 e. The molecule has 5 heteroatoms. The van der Waals surface area contributed by atoms with Crippen LogP contribution in [-0.4, -0.2) is 27.1 Å². The van der Waals surface area contributed by atoms with Gasteiger partial charge < -0.3 is 5.32 Å². The standard InChI is InChI=1S/C11H18ClN3O/c1-5-8-6-9(15(4)14-8)10(16)13-11(2,3)7-12/h6H,5,7H2,1-4H3,(H,13,16). The number of rotatable bonds is 4. The van der Waals surface area contributed by atoms with Gasteiger partial charge in [-0.3, -0.25) is 9.48 Å². The first kappa shape index (κ1) is 13.0. The van der Waals surface area contributed by atoms with E-state index in [1.54, 1.807) is 17.8 Å². The van der Waals surface area contributed by atoms with Crippen LogP contribution < -0.4 is 5.32 Å². The number of alkyl halides is 1. The first-order chi connectivity index (χ1) is 7.39. The highest BCUT2D eigenvalue weighted by Crippen LogP contribution is 2.09. The molecule has 1 N–H and O–H groups in total. The zero-order valence-corrected chi connectivity index (χ0v) is 10.9. The summed E-state index contributed by atoms with van der Waals surface area (Å²) in [4.78, 5) is 11.9. The van der Waals surface area contributed by atoms with Gasteiger partial charge in [-0.1, -0.05) is 6.92 Å². The van der Waals surface area contributed by atoms with Crippen molar-refractivity contribution in [3.05, 3.63) is 17.5 Å². The molecule has 0 unspecified atom stereocenters. The lowest BCUT2D eigenvalue weighted by Gasteiger charge is -2.23. The van der Waals surface area contributed by atoms with Crippen LogP contribution in [-0.2, 0) is 13.5 Å². The summed E-state index contributed by atoms with van der Waals surface area (Å²) in [6.45, 7) is 5.77. The molecule has 4 nitrogen and oxygen atoms in total. The molecule has 16 heavy (non-hydrogen) atoms. The first-order valence-corrected chi connectivity index (χ1v) is 5.84. The van der Waals surface area contributed by atoms with Gasteiger partial charge in [0, 0.05) is 18.5 Å². The molecule has 0 saturated carbocycles. The van der Waals surface area contributed by atoms with Gasteiger partial charge in [0.15, 0.2) is 0 Å². The number of hydrogen-bond donors (Lipinski definition) is 1. The van der Waals surface area contributed by atoms with Crippen molar-refractivity contribution in [3.63, 3.8) is 0 Å². The second kappa shape index (κ2) is 4.87. The largest absolute Gasteiger partial charge is 0.345 e. The fourth-order valence-corrected chi connectivity index (χ4v) is 1.38. The van der Waals surface area contributed by atoms with Gasteiger partial charge in [-0.15, -0.1) is 11.6 Å². The lowest BCUT2D eigenvalue weighted by Crippen LogP contribution is -2.45. The molecule has 1 aromatic heterocycles. The van der Waals surface area contributed by atoms with Gasteiger partial charge in [0.2, 0.25) is 0 Å². The number of nitrogens with zero attached hydrogens (tertiary/aromatic N) is 2. The van der Waals surface area contributed by atoms with E-state index in [0.717, 1.165) is 12.1 Å². The third-order valence-electron chi connectivity index (χ3n) is 2.31. The zero-order chi connectivity index (χ0) is 12.3. The predicted octanol–water partition coefficient (Wildman–Crippen LogP) is 1.73. The van der Waals surface area contributed by atoms with Gasteiger partial charge in [-0.05, 0) is 26.3 Å². The Kier molecular flexibility index (Phi) is 3.97. The molecular weight excluding hydrogens is 226 g/mol. The normalized spacial score (nSPS) is 11.6. The Morgan fingerprint density at radius 2 is 2.25 bits per heavy atom. The van der Waals surface area contributed by atoms with Crippen LogP contribution in [0.4, 0.5) is 0 Å². The van der Waals surface area contributed by atoms with E-state index in [1.165, 1.54) is 0 Å². The van der Waals surface area contributed by atoms with Crippen LogP contribution in [0.1, 0.15) is 37.0 Å². The molecule has 0 aromatic carbocycles. The molecule has 0 aliphatic rings. The molecule has 0 spiro atoms. The van der Waals surface area contributed by atoms with Crippen LogP contribution in [0.2, 0.25) is 0 Å². The fraction of sp³-hybridized carbons (Fsp3) is 0.636. The van der Waals surface area contributed by atoms with Crippen LogP contribution in [0.15, 0.2) is 6.07 Å². The minimum absolute atomic E-state index is 0.139. The van der Waals surface area contributed by atoms with Gasteiger partial charge in [0.25, 0.3) is 5.91 Å².